The zero-order valence-electron chi connectivity index (χ0n) is 15.1. The van der Waals surface area contributed by atoms with Crippen LogP contribution in [0.4, 0.5) is 28.9 Å². The molecule has 1 saturated heterocycles. The molecule has 1 fully saturated rings. The summed E-state index contributed by atoms with van der Waals surface area (Å²) in [5.41, 5.74) is -0.952. The molecule has 0 spiro atoms. The van der Waals surface area contributed by atoms with Crippen molar-refractivity contribution < 1.29 is 41.6 Å². The lowest BCUT2D eigenvalue weighted by Crippen LogP contribution is -2.35. The van der Waals surface area contributed by atoms with Gasteiger partial charge in [0, 0.05) is 31.0 Å². The molecule has 0 aliphatic carbocycles. The summed E-state index contributed by atoms with van der Waals surface area (Å²) in [7, 11) is 0. The number of benzene rings is 1. The predicted molar refractivity (Wildman–Crippen MR) is 92.6 cm³/mol. The maximum atomic E-state index is 13.7. The Hall–Kier alpha value is -3.51. The summed E-state index contributed by atoms with van der Waals surface area (Å²) in [5, 5.41) is 12.7. The molecule has 1 aromatic carbocycles. The van der Waals surface area contributed by atoms with Gasteiger partial charge in [0.25, 0.3) is 17.4 Å². The fourth-order valence-corrected chi connectivity index (χ4v) is 2.62. The van der Waals surface area contributed by atoms with Crippen LogP contribution in [0.5, 0.6) is 0 Å². The number of nitrogens with one attached hydrogen (secondary N) is 1. The normalized spacial score (nSPS) is 16.5. The summed E-state index contributed by atoms with van der Waals surface area (Å²) in [6, 6.07) is 1.47. The third-order valence-corrected chi connectivity index (χ3v) is 4.04. The number of carbonyl (C=O) groups excluding carboxylic acids is 3. The van der Waals surface area contributed by atoms with Crippen LogP contribution >= 0.6 is 0 Å². The maximum absolute atomic E-state index is 13.7. The van der Waals surface area contributed by atoms with Crippen molar-refractivity contribution in [1.82, 2.24) is 4.90 Å². The molecule has 0 bridgehead atoms. The molecular formula is C17H15F4N3O6. The van der Waals surface area contributed by atoms with Crippen molar-refractivity contribution in [3.8, 4) is 0 Å². The second kappa shape index (κ2) is 9.33. The van der Waals surface area contributed by atoms with Crippen LogP contribution in [-0.4, -0.2) is 52.9 Å². The average molecular weight is 433 g/mol. The predicted octanol–water partition coefficient (Wildman–Crippen LogP) is 2.33. The Morgan fingerprint density at radius 3 is 2.67 bits per heavy atom. The Morgan fingerprint density at radius 1 is 1.33 bits per heavy atom. The fraction of sp³-hybridized carbons (Fsp3) is 0.353. The Bertz CT molecular complexity index is 887. The Balaban J connectivity index is 1.92. The van der Waals surface area contributed by atoms with Crippen LogP contribution in [-0.2, 0) is 19.1 Å². The first-order chi connectivity index (χ1) is 14.0. The average Bonchev–Trinajstić information content (AvgIpc) is 3.13. The number of carbonyl (C=O) groups is 3. The summed E-state index contributed by atoms with van der Waals surface area (Å²) >= 11 is 0. The SMILES string of the molecule is O=C(COC(=O)[C@@H]1CCCN1C=CC(=O)C(F)(F)F)Nc1cc([N+](=O)[O-])ccc1F. The summed E-state index contributed by atoms with van der Waals surface area (Å²) in [6.07, 6.45) is -3.23. The summed E-state index contributed by atoms with van der Waals surface area (Å²) in [5.74, 6) is -4.93. The van der Waals surface area contributed by atoms with Gasteiger partial charge in [-0.3, -0.25) is 19.7 Å². The molecule has 1 aliphatic heterocycles. The molecule has 0 saturated carbocycles. The van der Waals surface area contributed by atoms with Gasteiger partial charge >= 0.3 is 12.1 Å². The van der Waals surface area contributed by atoms with E-state index >= 15 is 0 Å². The zero-order valence-corrected chi connectivity index (χ0v) is 15.1. The van der Waals surface area contributed by atoms with E-state index in [1.807, 2.05) is 5.32 Å². The highest BCUT2D eigenvalue weighted by molar-refractivity contribution is 5.94. The van der Waals surface area contributed by atoms with Crippen LogP contribution < -0.4 is 5.32 Å². The van der Waals surface area contributed by atoms with E-state index in [9.17, 15) is 42.1 Å². The minimum Gasteiger partial charge on any atom is -0.454 e. The topological polar surface area (TPSA) is 119 Å². The van der Waals surface area contributed by atoms with Gasteiger partial charge in [-0.05, 0) is 18.9 Å². The first-order valence-electron chi connectivity index (χ1n) is 8.44. The third kappa shape index (κ3) is 5.99. The number of hydrogen-bond acceptors (Lipinski definition) is 7. The zero-order chi connectivity index (χ0) is 22.5. The van der Waals surface area contributed by atoms with Gasteiger partial charge < -0.3 is 15.0 Å². The van der Waals surface area contributed by atoms with E-state index in [0.717, 1.165) is 24.4 Å². The van der Waals surface area contributed by atoms with Gasteiger partial charge in [-0.1, -0.05) is 0 Å². The standard InChI is InChI=1S/C17H15F4N3O6/c18-11-4-3-10(24(28)29)8-12(11)22-15(26)9-30-16(27)13-2-1-6-23(13)7-5-14(25)17(19,20)21/h3-5,7-8,13H,1-2,6,9H2,(H,22,26)/t13-/m0/s1. The van der Waals surface area contributed by atoms with E-state index < -0.39 is 58.6 Å². The van der Waals surface area contributed by atoms with Gasteiger partial charge in [0.15, 0.2) is 6.61 Å². The lowest BCUT2D eigenvalue weighted by atomic mass is 10.2. The smallest absolute Gasteiger partial charge is 0.454 e. The number of amides is 1. The summed E-state index contributed by atoms with van der Waals surface area (Å²) in [6.45, 7) is -0.650. The van der Waals surface area contributed by atoms with Crippen molar-refractivity contribution in [2.24, 2.45) is 0 Å². The van der Waals surface area contributed by atoms with Crippen molar-refractivity contribution >= 4 is 29.0 Å². The van der Waals surface area contributed by atoms with Crippen molar-refractivity contribution in [3.63, 3.8) is 0 Å². The molecule has 1 aliphatic rings. The molecule has 0 unspecified atom stereocenters. The quantitative estimate of drug-likeness (QED) is 0.230. The lowest BCUT2D eigenvalue weighted by Gasteiger charge is -2.21. The molecular weight excluding hydrogens is 418 g/mol. The molecule has 13 heteroatoms. The minimum absolute atomic E-state index is 0.201. The summed E-state index contributed by atoms with van der Waals surface area (Å²) in [4.78, 5) is 46.0. The first kappa shape index (κ1) is 22.8. The number of anilines is 1. The van der Waals surface area contributed by atoms with Gasteiger partial charge in [-0.2, -0.15) is 13.2 Å². The number of nitro benzene ring substituents is 1. The van der Waals surface area contributed by atoms with Crippen molar-refractivity contribution in [3.05, 3.63) is 46.4 Å². The molecule has 2 rings (SSSR count). The van der Waals surface area contributed by atoms with Gasteiger partial charge in [0.2, 0.25) is 0 Å². The molecule has 1 N–H and O–H groups in total. The first-order valence-corrected chi connectivity index (χ1v) is 8.44. The highest BCUT2D eigenvalue weighted by Gasteiger charge is 2.37. The van der Waals surface area contributed by atoms with E-state index in [1.165, 1.54) is 4.90 Å². The number of allylic oxidation sites excluding steroid dienone is 1. The molecule has 0 radical (unpaired) electrons. The number of nitro groups is 1. The van der Waals surface area contributed by atoms with Crippen LogP contribution in [0.1, 0.15) is 12.8 Å². The van der Waals surface area contributed by atoms with Crippen LogP contribution in [0.15, 0.2) is 30.5 Å². The molecule has 0 aromatic heterocycles. The van der Waals surface area contributed by atoms with Crippen LogP contribution in [0, 0.1) is 15.9 Å². The minimum atomic E-state index is -5.04. The molecule has 9 nitrogen and oxygen atoms in total. The number of alkyl halides is 3. The van der Waals surface area contributed by atoms with E-state index in [-0.39, 0.29) is 13.0 Å². The molecule has 30 heavy (non-hydrogen) atoms. The Labute approximate surface area is 166 Å². The number of likely N-dealkylation sites (tertiary alicyclic amines) is 1. The number of esters is 1. The highest BCUT2D eigenvalue weighted by atomic mass is 19.4. The third-order valence-electron chi connectivity index (χ3n) is 4.04. The highest BCUT2D eigenvalue weighted by Crippen LogP contribution is 2.22. The van der Waals surface area contributed by atoms with E-state index in [4.69, 9.17) is 4.74 Å². The van der Waals surface area contributed by atoms with E-state index in [0.29, 0.717) is 12.5 Å². The van der Waals surface area contributed by atoms with Crippen molar-refractivity contribution in [2.45, 2.75) is 25.1 Å². The van der Waals surface area contributed by atoms with E-state index in [2.05, 4.69) is 0 Å². The number of nitrogens with zero attached hydrogens (tertiary/aromatic N) is 2. The van der Waals surface area contributed by atoms with Gasteiger partial charge in [0.1, 0.15) is 11.9 Å². The molecule has 162 valence electrons. The Morgan fingerprint density at radius 2 is 2.03 bits per heavy atom. The van der Waals surface area contributed by atoms with E-state index in [1.54, 1.807) is 0 Å². The molecule has 1 atom stereocenters. The lowest BCUT2D eigenvalue weighted by molar-refractivity contribution is -0.384. The van der Waals surface area contributed by atoms with Crippen LogP contribution in [0.3, 0.4) is 0 Å². The van der Waals surface area contributed by atoms with Crippen molar-refractivity contribution in [1.29, 1.82) is 0 Å². The van der Waals surface area contributed by atoms with Gasteiger partial charge in [-0.25, -0.2) is 9.18 Å². The number of ketones is 1. The monoisotopic (exact) mass is 433 g/mol. The van der Waals surface area contributed by atoms with Crippen molar-refractivity contribution in [2.75, 3.05) is 18.5 Å². The molecule has 1 heterocycles. The van der Waals surface area contributed by atoms with Gasteiger partial charge in [-0.15, -0.1) is 0 Å². The Kier molecular flexibility index (Phi) is 7.08. The van der Waals surface area contributed by atoms with Gasteiger partial charge in [0.05, 0.1) is 10.6 Å². The molecule has 1 aromatic rings. The largest absolute Gasteiger partial charge is 0.454 e. The number of ether oxygens (including phenoxy) is 1. The summed E-state index contributed by atoms with van der Waals surface area (Å²) < 4.78 is 55.2. The number of non-ortho nitro benzene ring substituents is 1. The number of halogens is 4. The van der Waals surface area contributed by atoms with Crippen LogP contribution in [0.2, 0.25) is 0 Å². The number of hydrogen-bond donors (Lipinski definition) is 1. The fourth-order valence-electron chi connectivity index (χ4n) is 2.62. The second-order valence-electron chi connectivity index (χ2n) is 6.15. The number of rotatable bonds is 7. The second-order valence-corrected chi connectivity index (χ2v) is 6.15. The molecule has 1 amide bonds. The maximum Gasteiger partial charge on any atom is 0.454 e. The van der Waals surface area contributed by atoms with Crippen LogP contribution in [0.25, 0.3) is 0 Å².